The maximum atomic E-state index is 11.6. The third-order valence-corrected chi connectivity index (χ3v) is 2.49. The van der Waals surface area contributed by atoms with Crippen LogP contribution in [0.5, 0.6) is 0 Å². The molecule has 0 aromatic carbocycles. The second kappa shape index (κ2) is 4.49. The minimum absolute atomic E-state index is 0.00890. The quantitative estimate of drug-likeness (QED) is 0.807. The van der Waals surface area contributed by atoms with Gasteiger partial charge in [0.15, 0.2) is 5.15 Å². The minimum atomic E-state index is -0.284. The van der Waals surface area contributed by atoms with Gasteiger partial charge in [0.25, 0.3) is 5.56 Å². The Morgan fingerprint density at radius 1 is 1.50 bits per heavy atom. The summed E-state index contributed by atoms with van der Waals surface area (Å²) in [6, 6.07) is 0. The lowest BCUT2D eigenvalue weighted by molar-refractivity contribution is 0.658. The zero-order valence-corrected chi connectivity index (χ0v) is 9.55. The normalized spacial score (nSPS) is 10.6. The summed E-state index contributed by atoms with van der Waals surface area (Å²) in [6.45, 7) is 3.28. The van der Waals surface area contributed by atoms with E-state index in [1.165, 1.54) is 10.8 Å². The number of nitrogens with zero attached hydrogens (tertiary/aromatic N) is 4. The van der Waals surface area contributed by atoms with Gasteiger partial charge in [-0.05, 0) is 6.92 Å². The van der Waals surface area contributed by atoms with E-state index >= 15 is 0 Å². The van der Waals surface area contributed by atoms with Gasteiger partial charge >= 0.3 is 0 Å². The first-order chi connectivity index (χ1) is 7.70. The molecular weight excluding hydrogens is 228 g/mol. The summed E-state index contributed by atoms with van der Waals surface area (Å²) in [5.74, 6) is 0. The number of hydrogen-bond donors (Lipinski definition) is 0. The predicted octanol–water partition coefficient (Wildman–Crippen LogP) is 1.16. The van der Waals surface area contributed by atoms with Crippen LogP contribution in [0.4, 0.5) is 0 Å². The van der Waals surface area contributed by atoms with Gasteiger partial charge in [0.2, 0.25) is 0 Å². The number of aryl methyl sites for hydroxylation is 1. The van der Waals surface area contributed by atoms with Crippen molar-refractivity contribution in [3.63, 3.8) is 0 Å². The Balaban J connectivity index is 2.27. The summed E-state index contributed by atoms with van der Waals surface area (Å²) in [5.41, 5.74) is 0.680. The van der Waals surface area contributed by atoms with Gasteiger partial charge in [-0.2, -0.15) is 5.10 Å². The number of hydrogen-bond acceptors (Lipinski definition) is 3. The molecule has 2 aromatic heterocycles. The van der Waals surface area contributed by atoms with E-state index in [2.05, 4.69) is 10.1 Å². The van der Waals surface area contributed by atoms with Crippen LogP contribution >= 0.6 is 11.6 Å². The van der Waals surface area contributed by atoms with Gasteiger partial charge in [-0.25, -0.2) is 4.98 Å². The van der Waals surface area contributed by atoms with Gasteiger partial charge in [-0.1, -0.05) is 11.6 Å². The standard InChI is InChI=1S/C10H11ClN4O/c1-2-15-7-8(5-13-15)6-14-4-3-12-9(11)10(14)16/h3-5,7H,2,6H2,1H3. The van der Waals surface area contributed by atoms with Crippen LogP contribution in [0.1, 0.15) is 12.5 Å². The van der Waals surface area contributed by atoms with Crippen LogP contribution in [0.25, 0.3) is 0 Å². The number of rotatable bonds is 3. The lowest BCUT2D eigenvalue weighted by Gasteiger charge is -2.02. The third kappa shape index (κ3) is 2.14. The lowest BCUT2D eigenvalue weighted by atomic mass is 10.3. The van der Waals surface area contributed by atoms with Gasteiger partial charge in [0.1, 0.15) is 0 Å². The molecule has 0 saturated carbocycles. The fourth-order valence-electron chi connectivity index (χ4n) is 1.40. The fraction of sp³-hybridized carbons (Fsp3) is 0.300. The summed E-state index contributed by atoms with van der Waals surface area (Å²) < 4.78 is 3.31. The van der Waals surface area contributed by atoms with Crippen LogP contribution in [-0.2, 0) is 13.1 Å². The smallest absolute Gasteiger partial charge is 0.288 e. The van der Waals surface area contributed by atoms with E-state index in [-0.39, 0.29) is 10.7 Å². The van der Waals surface area contributed by atoms with Crippen LogP contribution < -0.4 is 5.56 Å². The van der Waals surface area contributed by atoms with Crippen LogP contribution in [0.2, 0.25) is 5.15 Å². The van der Waals surface area contributed by atoms with Gasteiger partial charge in [-0.3, -0.25) is 9.48 Å². The highest BCUT2D eigenvalue weighted by molar-refractivity contribution is 6.29. The average molecular weight is 239 g/mol. The van der Waals surface area contributed by atoms with Crippen molar-refractivity contribution in [1.29, 1.82) is 0 Å². The maximum Gasteiger partial charge on any atom is 0.288 e. The van der Waals surface area contributed by atoms with Crippen molar-refractivity contribution in [2.45, 2.75) is 20.0 Å². The second-order valence-electron chi connectivity index (χ2n) is 3.36. The predicted molar refractivity (Wildman–Crippen MR) is 60.5 cm³/mol. The Kier molecular flexibility index (Phi) is 3.05. The first-order valence-corrected chi connectivity index (χ1v) is 5.30. The number of aromatic nitrogens is 4. The Bertz CT molecular complexity index is 546. The summed E-state index contributed by atoms with van der Waals surface area (Å²) >= 11 is 5.65. The van der Waals surface area contributed by atoms with Gasteiger partial charge in [0.05, 0.1) is 12.7 Å². The highest BCUT2D eigenvalue weighted by atomic mass is 35.5. The molecule has 0 atom stereocenters. The van der Waals surface area contributed by atoms with Gasteiger partial charge in [0, 0.05) is 30.7 Å². The fourth-order valence-corrected chi connectivity index (χ4v) is 1.57. The Labute approximate surface area is 97.3 Å². The van der Waals surface area contributed by atoms with Crippen LogP contribution in [0, 0.1) is 0 Å². The molecule has 2 heterocycles. The third-order valence-electron chi connectivity index (χ3n) is 2.24. The largest absolute Gasteiger partial charge is 0.307 e. The first kappa shape index (κ1) is 10.9. The molecule has 6 heteroatoms. The van der Waals surface area contributed by atoms with E-state index in [1.54, 1.807) is 12.4 Å². The molecule has 0 N–H and O–H groups in total. The molecule has 0 spiro atoms. The highest BCUT2D eigenvalue weighted by Crippen LogP contribution is 2.01. The summed E-state index contributed by atoms with van der Waals surface area (Å²) in [6.07, 6.45) is 6.76. The van der Waals surface area contributed by atoms with E-state index in [1.807, 2.05) is 17.8 Å². The van der Waals surface area contributed by atoms with Crippen molar-refractivity contribution in [3.05, 3.63) is 45.9 Å². The molecule has 84 valence electrons. The molecule has 2 rings (SSSR count). The van der Waals surface area contributed by atoms with Crippen molar-refractivity contribution in [2.75, 3.05) is 0 Å². The molecule has 0 radical (unpaired) electrons. The van der Waals surface area contributed by atoms with Crippen LogP contribution in [-0.4, -0.2) is 19.3 Å². The Morgan fingerprint density at radius 3 is 3.00 bits per heavy atom. The summed E-state index contributed by atoms with van der Waals surface area (Å²) in [5, 5.41) is 4.13. The zero-order chi connectivity index (χ0) is 11.5. The summed E-state index contributed by atoms with van der Waals surface area (Å²) in [4.78, 5) is 15.3. The zero-order valence-electron chi connectivity index (χ0n) is 8.80. The summed E-state index contributed by atoms with van der Waals surface area (Å²) in [7, 11) is 0. The molecule has 16 heavy (non-hydrogen) atoms. The minimum Gasteiger partial charge on any atom is -0.307 e. The maximum absolute atomic E-state index is 11.6. The van der Waals surface area contributed by atoms with Crippen LogP contribution in [0.15, 0.2) is 29.6 Å². The monoisotopic (exact) mass is 238 g/mol. The van der Waals surface area contributed by atoms with Gasteiger partial charge in [-0.15, -0.1) is 0 Å². The lowest BCUT2D eigenvalue weighted by Crippen LogP contribution is -2.20. The molecular formula is C10H11ClN4O. The molecule has 0 aliphatic rings. The molecule has 2 aromatic rings. The Hall–Kier alpha value is -1.62. The van der Waals surface area contributed by atoms with Gasteiger partial charge < -0.3 is 4.57 Å². The molecule has 0 amide bonds. The van der Waals surface area contributed by atoms with E-state index in [0.717, 1.165) is 12.1 Å². The SMILES string of the molecule is CCn1cc(Cn2ccnc(Cl)c2=O)cn1. The first-order valence-electron chi connectivity index (χ1n) is 4.93. The molecule has 0 aliphatic heterocycles. The average Bonchev–Trinajstić information content (AvgIpc) is 2.73. The molecule has 0 bridgehead atoms. The molecule has 0 unspecified atom stereocenters. The van der Waals surface area contributed by atoms with Crippen LogP contribution in [0.3, 0.4) is 0 Å². The molecule has 5 nitrogen and oxygen atoms in total. The van der Waals surface area contributed by atoms with Crippen molar-refractivity contribution in [2.24, 2.45) is 0 Å². The highest BCUT2D eigenvalue weighted by Gasteiger charge is 2.03. The second-order valence-corrected chi connectivity index (χ2v) is 3.71. The van der Waals surface area contributed by atoms with E-state index in [4.69, 9.17) is 11.6 Å². The van der Waals surface area contributed by atoms with Crippen molar-refractivity contribution >= 4 is 11.6 Å². The van der Waals surface area contributed by atoms with Crippen molar-refractivity contribution in [3.8, 4) is 0 Å². The van der Waals surface area contributed by atoms with E-state index in [0.29, 0.717) is 6.54 Å². The molecule has 0 saturated heterocycles. The van der Waals surface area contributed by atoms with E-state index in [9.17, 15) is 4.79 Å². The van der Waals surface area contributed by atoms with Crippen molar-refractivity contribution in [1.82, 2.24) is 19.3 Å². The molecule has 0 aliphatic carbocycles. The molecule has 0 fully saturated rings. The number of halogens is 1. The Morgan fingerprint density at radius 2 is 2.31 bits per heavy atom. The van der Waals surface area contributed by atoms with Crippen molar-refractivity contribution < 1.29 is 0 Å². The topological polar surface area (TPSA) is 52.7 Å². The van der Waals surface area contributed by atoms with E-state index < -0.39 is 0 Å².